The molecule has 22 heavy (non-hydrogen) atoms. The molecule has 0 aromatic heterocycles. The van der Waals surface area contributed by atoms with Gasteiger partial charge in [0.15, 0.2) is 0 Å². The lowest BCUT2D eigenvalue weighted by Crippen LogP contribution is -2.43. The first-order valence-electron chi connectivity index (χ1n) is 8.07. The summed E-state index contributed by atoms with van der Waals surface area (Å²) in [5, 5.41) is 14.2. The van der Waals surface area contributed by atoms with E-state index in [-0.39, 0.29) is 18.1 Å². The van der Waals surface area contributed by atoms with Crippen molar-refractivity contribution >= 4 is 11.6 Å². The fraction of sp³-hybridized carbons (Fsp3) is 0.647. The third-order valence-electron chi connectivity index (χ3n) is 4.87. The highest BCUT2D eigenvalue weighted by Crippen LogP contribution is 2.38. The van der Waals surface area contributed by atoms with Gasteiger partial charge < -0.3 is 19.9 Å². The van der Waals surface area contributed by atoms with Gasteiger partial charge in [-0.25, -0.2) is 0 Å². The average Bonchev–Trinajstić information content (AvgIpc) is 2.77. The van der Waals surface area contributed by atoms with Crippen molar-refractivity contribution in [3.8, 4) is 5.75 Å². The van der Waals surface area contributed by atoms with Gasteiger partial charge >= 0.3 is 0 Å². The Morgan fingerprint density at radius 3 is 2.86 bits per heavy atom. The molecule has 1 saturated heterocycles. The SMILES string of the molecule is OCC1(CNC2CCCOc3c(Cl)cccc32)CCOCC1. The van der Waals surface area contributed by atoms with Crippen LogP contribution in [0.25, 0.3) is 0 Å². The van der Waals surface area contributed by atoms with Crippen LogP contribution in [0.5, 0.6) is 5.75 Å². The first-order chi connectivity index (χ1) is 10.7. The Morgan fingerprint density at radius 1 is 1.27 bits per heavy atom. The van der Waals surface area contributed by atoms with Gasteiger partial charge in [-0.1, -0.05) is 23.7 Å². The summed E-state index contributed by atoms with van der Waals surface area (Å²) in [7, 11) is 0. The van der Waals surface area contributed by atoms with Crippen LogP contribution in [0.3, 0.4) is 0 Å². The van der Waals surface area contributed by atoms with Crippen LogP contribution < -0.4 is 10.1 Å². The highest BCUT2D eigenvalue weighted by Gasteiger charge is 2.33. The van der Waals surface area contributed by atoms with E-state index in [4.69, 9.17) is 21.1 Å². The van der Waals surface area contributed by atoms with Crippen LogP contribution in [-0.4, -0.2) is 38.1 Å². The summed E-state index contributed by atoms with van der Waals surface area (Å²) in [5.74, 6) is 0.809. The molecule has 0 spiro atoms. The molecular formula is C17H24ClNO3. The summed E-state index contributed by atoms with van der Waals surface area (Å²) in [5.41, 5.74) is 1.06. The first-order valence-corrected chi connectivity index (χ1v) is 8.45. The summed E-state index contributed by atoms with van der Waals surface area (Å²) >= 11 is 6.27. The monoisotopic (exact) mass is 325 g/mol. The molecule has 2 aliphatic rings. The Hall–Kier alpha value is -0.810. The smallest absolute Gasteiger partial charge is 0.142 e. The van der Waals surface area contributed by atoms with Crippen LogP contribution in [0.1, 0.15) is 37.3 Å². The topological polar surface area (TPSA) is 50.7 Å². The Kier molecular flexibility index (Phi) is 5.24. The number of ether oxygens (including phenoxy) is 2. The highest BCUT2D eigenvalue weighted by molar-refractivity contribution is 6.32. The summed E-state index contributed by atoms with van der Waals surface area (Å²) < 4.78 is 11.2. The summed E-state index contributed by atoms with van der Waals surface area (Å²) in [6.07, 6.45) is 3.83. The van der Waals surface area contributed by atoms with Gasteiger partial charge in [-0.15, -0.1) is 0 Å². The Bertz CT molecular complexity index is 503. The maximum atomic E-state index is 9.82. The number of aliphatic hydroxyl groups is 1. The van der Waals surface area contributed by atoms with Crippen LogP contribution in [0.2, 0.25) is 5.02 Å². The molecule has 122 valence electrons. The van der Waals surface area contributed by atoms with E-state index in [0.29, 0.717) is 11.6 Å². The van der Waals surface area contributed by atoms with Crippen LogP contribution >= 0.6 is 11.6 Å². The second kappa shape index (κ2) is 7.18. The molecule has 1 aromatic carbocycles. The first kappa shape index (κ1) is 16.1. The maximum Gasteiger partial charge on any atom is 0.142 e. The van der Waals surface area contributed by atoms with E-state index >= 15 is 0 Å². The van der Waals surface area contributed by atoms with Gasteiger partial charge in [-0.2, -0.15) is 0 Å². The number of hydrogen-bond donors (Lipinski definition) is 2. The molecule has 0 amide bonds. The lowest BCUT2D eigenvalue weighted by atomic mass is 9.80. The van der Waals surface area contributed by atoms with Gasteiger partial charge in [0.1, 0.15) is 5.75 Å². The summed E-state index contributed by atoms with van der Waals surface area (Å²) in [6, 6.07) is 6.15. The predicted molar refractivity (Wildman–Crippen MR) is 86.5 cm³/mol. The average molecular weight is 326 g/mol. The standard InChI is InChI=1S/C17H24ClNO3/c18-14-4-1-3-13-15(5-2-8-22-16(13)14)19-11-17(12-20)6-9-21-10-7-17/h1,3-4,15,19-20H,2,5-12H2. The molecule has 0 aliphatic carbocycles. The zero-order valence-corrected chi connectivity index (χ0v) is 13.6. The minimum Gasteiger partial charge on any atom is -0.492 e. The van der Waals surface area contributed by atoms with E-state index < -0.39 is 0 Å². The normalized spacial score (nSPS) is 24.2. The number of hydrogen-bond acceptors (Lipinski definition) is 4. The molecule has 1 aromatic rings. The van der Waals surface area contributed by atoms with Crippen molar-refractivity contribution in [1.29, 1.82) is 0 Å². The third kappa shape index (κ3) is 3.40. The summed E-state index contributed by atoms with van der Waals surface area (Å²) in [4.78, 5) is 0. The fourth-order valence-corrected chi connectivity index (χ4v) is 3.55. The molecule has 0 bridgehead atoms. The third-order valence-corrected chi connectivity index (χ3v) is 5.17. The van der Waals surface area contributed by atoms with Gasteiger partial charge in [0.05, 0.1) is 18.2 Å². The number of aliphatic hydroxyl groups excluding tert-OH is 1. The van der Waals surface area contributed by atoms with E-state index in [0.717, 1.165) is 56.8 Å². The van der Waals surface area contributed by atoms with E-state index in [2.05, 4.69) is 11.4 Å². The summed E-state index contributed by atoms with van der Waals surface area (Å²) in [6.45, 7) is 3.17. The van der Waals surface area contributed by atoms with Crippen molar-refractivity contribution in [1.82, 2.24) is 5.32 Å². The maximum absolute atomic E-state index is 9.82. The van der Waals surface area contributed by atoms with Gasteiger partial charge in [-0.3, -0.25) is 0 Å². The lowest BCUT2D eigenvalue weighted by Gasteiger charge is -2.37. The largest absolute Gasteiger partial charge is 0.492 e. The molecule has 0 saturated carbocycles. The zero-order chi connectivity index (χ0) is 15.4. The molecule has 5 heteroatoms. The molecule has 0 radical (unpaired) electrons. The van der Waals surface area contributed by atoms with Crippen molar-refractivity contribution in [2.45, 2.75) is 31.7 Å². The predicted octanol–water partition coefficient (Wildman–Crippen LogP) is 2.93. The molecular weight excluding hydrogens is 302 g/mol. The molecule has 2 aliphatic heterocycles. The number of fused-ring (bicyclic) bond motifs is 1. The van der Waals surface area contributed by atoms with Crippen LogP contribution in [0.4, 0.5) is 0 Å². The Labute approximate surface area is 136 Å². The minimum atomic E-state index is -0.0653. The molecule has 3 rings (SSSR count). The number of rotatable bonds is 4. The van der Waals surface area contributed by atoms with E-state index in [1.807, 2.05) is 12.1 Å². The highest BCUT2D eigenvalue weighted by atomic mass is 35.5. The van der Waals surface area contributed by atoms with Crippen molar-refractivity contribution in [3.63, 3.8) is 0 Å². The Morgan fingerprint density at radius 2 is 2.09 bits per heavy atom. The fourth-order valence-electron chi connectivity index (χ4n) is 3.32. The second-order valence-corrected chi connectivity index (χ2v) is 6.76. The van der Waals surface area contributed by atoms with Gasteiger partial charge in [0.25, 0.3) is 0 Å². The van der Waals surface area contributed by atoms with E-state index in [1.54, 1.807) is 0 Å². The van der Waals surface area contributed by atoms with Gasteiger partial charge in [0.2, 0.25) is 0 Å². The lowest BCUT2D eigenvalue weighted by molar-refractivity contribution is -0.0166. The molecule has 4 nitrogen and oxygen atoms in total. The van der Waals surface area contributed by atoms with E-state index in [1.165, 1.54) is 0 Å². The molecule has 1 unspecified atom stereocenters. The van der Waals surface area contributed by atoms with Gasteiger partial charge in [0, 0.05) is 36.8 Å². The number of halogens is 1. The van der Waals surface area contributed by atoms with Crippen molar-refractivity contribution < 1.29 is 14.6 Å². The van der Waals surface area contributed by atoms with Crippen molar-refractivity contribution in [3.05, 3.63) is 28.8 Å². The Balaban J connectivity index is 1.73. The molecule has 2 N–H and O–H groups in total. The van der Waals surface area contributed by atoms with Crippen molar-refractivity contribution in [2.75, 3.05) is 33.0 Å². The van der Waals surface area contributed by atoms with Crippen LogP contribution in [0.15, 0.2) is 18.2 Å². The minimum absolute atomic E-state index is 0.0653. The second-order valence-electron chi connectivity index (χ2n) is 6.35. The molecule has 1 fully saturated rings. The zero-order valence-electron chi connectivity index (χ0n) is 12.8. The van der Waals surface area contributed by atoms with Gasteiger partial charge in [-0.05, 0) is 31.7 Å². The van der Waals surface area contributed by atoms with Crippen LogP contribution in [0, 0.1) is 5.41 Å². The van der Waals surface area contributed by atoms with Crippen LogP contribution in [-0.2, 0) is 4.74 Å². The number of benzene rings is 1. The number of nitrogens with one attached hydrogen (secondary N) is 1. The number of para-hydroxylation sites is 1. The van der Waals surface area contributed by atoms with E-state index in [9.17, 15) is 5.11 Å². The molecule has 1 atom stereocenters. The quantitative estimate of drug-likeness (QED) is 0.893. The van der Waals surface area contributed by atoms with Crippen molar-refractivity contribution in [2.24, 2.45) is 5.41 Å². The molecule has 2 heterocycles.